The first kappa shape index (κ1) is 19.9. The van der Waals surface area contributed by atoms with Crippen LogP contribution in [0.4, 0.5) is 16.0 Å². The molecular weight excluding hydrogens is 375 g/mol. The monoisotopic (exact) mass is 394 g/mol. The molecule has 0 radical (unpaired) electrons. The Bertz CT molecular complexity index is 1010. The minimum absolute atomic E-state index is 0.125. The molecule has 0 aliphatic heterocycles. The van der Waals surface area contributed by atoms with E-state index in [4.69, 9.17) is 4.74 Å². The lowest BCUT2D eigenvalue weighted by Crippen LogP contribution is -2.18. The van der Waals surface area contributed by atoms with E-state index in [2.05, 4.69) is 20.6 Å². The van der Waals surface area contributed by atoms with Crippen molar-refractivity contribution in [3.63, 3.8) is 0 Å². The Hall–Kier alpha value is -3.81. The Morgan fingerprint density at radius 3 is 2.59 bits per heavy atom. The van der Waals surface area contributed by atoms with E-state index in [1.807, 2.05) is 0 Å². The minimum atomic E-state index is -0.521. The number of carbonyl (C=O) groups excluding carboxylic acids is 2. The number of nitrogens with zero attached hydrogens (tertiary/aromatic N) is 2. The van der Waals surface area contributed by atoms with Crippen molar-refractivity contribution in [2.45, 2.75) is 13.5 Å². The summed E-state index contributed by atoms with van der Waals surface area (Å²) in [7, 11) is 0. The Kier molecular flexibility index (Phi) is 6.47. The quantitative estimate of drug-likeness (QED) is 0.594. The molecule has 0 aliphatic rings. The van der Waals surface area contributed by atoms with Crippen LogP contribution in [0.2, 0.25) is 0 Å². The highest BCUT2D eigenvalue weighted by atomic mass is 19.1. The van der Waals surface area contributed by atoms with Crippen LogP contribution < -0.4 is 10.6 Å². The van der Waals surface area contributed by atoms with E-state index in [-0.39, 0.29) is 29.6 Å². The van der Waals surface area contributed by atoms with Gasteiger partial charge < -0.3 is 15.4 Å². The van der Waals surface area contributed by atoms with Gasteiger partial charge in [0.05, 0.1) is 17.9 Å². The lowest BCUT2D eigenvalue weighted by Gasteiger charge is -2.10. The summed E-state index contributed by atoms with van der Waals surface area (Å²) >= 11 is 0. The standard InChI is InChI=1S/C21H19FN4O3/c1-2-29-20(28)16-5-3-4-6-17(16)25-19(27)18-11-12-23-21(26-18)24-13-14-7-9-15(22)10-8-14/h3-12H,2,13H2,1H3,(H,25,27)(H,23,24,26). The molecule has 3 rings (SSSR count). The molecule has 1 amide bonds. The number of esters is 1. The summed E-state index contributed by atoms with van der Waals surface area (Å²) in [6.45, 7) is 2.31. The molecule has 0 atom stereocenters. The summed E-state index contributed by atoms with van der Waals surface area (Å²) in [6.07, 6.45) is 1.45. The molecule has 148 valence electrons. The molecule has 0 fully saturated rings. The van der Waals surface area contributed by atoms with Crippen molar-refractivity contribution in [3.05, 3.63) is 83.4 Å². The van der Waals surface area contributed by atoms with Gasteiger partial charge in [0.15, 0.2) is 0 Å². The first-order chi connectivity index (χ1) is 14.1. The Labute approximate surface area is 167 Å². The summed E-state index contributed by atoms with van der Waals surface area (Å²) < 4.78 is 18.0. The zero-order chi connectivity index (χ0) is 20.6. The zero-order valence-corrected chi connectivity index (χ0v) is 15.7. The second-order valence-corrected chi connectivity index (χ2v) is 5.97. The highest BCUT2D eigenvalue weighted by Crippen LogP contribution is 2.17. The van der Waals surface area contributed by atoms with Crippen LogP contribution in [0.3, 0.4) is 0 Å². The van der Waals surface area contributed by atoms with Gasteiger partial charge in [-0.05, 0) is 42.8 Å². The molecule has 2 N–H and O–H groups in total. The average molecular weight is 394 g/mol. The van der Waals surface area contributed by atoms with E-state index in [0.717, 1.165) is 5.56 Å². The lowest BCUT2D eigenvalue weighted by molar-refractivity contribution is 0.0527. The first-order valence-electron chi connectivity index (χ1n) is 8.95. The fraction of sp³-hybridized carbons (Fsp3) is 0.143. The molecule has 7 nitrogen and oxygen atoms in total. The van der Waals surface area contributed by atoms with Gasteiger partial charge in [0, 0.05) is 12.7 Å². The van der Waals surface area contributed by atoms with E-state index >= 15 is 0 Å². The largest absolute Gasteiger partial charge is 0.462 e. The van der Waals surface area contributed by atoms with Gasteiger partial charge in [0.25, 0.3) is 5.91 Å². The van der Waals surface area contributed by atoms with Gasteiger partial charge in [-0.25, -0.2) is 19.2 Å². The van der Waals surface area contributed by atoms with Gasteiger partial charge in [-0.1, -0.05) is 24.3 Å². The van der Waals surface area contributed by atoms with Crippen LogP contribution in [0.15, 0.2) is 60.8 Å². The van der Waals surface area contributed by atoms with Crippen LogP contribution in [-0.2, 0) is 11.3 Å². The smallest absolute Gasteiger partial charge is 0.340 e. The van der Waals surface area contributed by atoms with Crippen LogP contribution in [0, 0.1) is 5.82 Å². The Morgan fingerprint density at radius 2 is 1.83 bits per heavy atom. The number of para-hydroxylation sites is 1. The van der Waals surface area contributed by atoms with Crippen LogP contribution in [0.25, 0.3) is 0 Å². The molecule has 0 aliphatic carbocycles. The van der Waals surface area contributed by atoms with E-state index < -0.39 is 11.9 Å². The maximum atomic E-state index is 13.0. The summed E-state index contributed by atoms with van der Waals surface area (Å²) in [6, 6.07) is 14.0. The minimum Gasteiger partial charge on any atom is -0.462 e. The summed E-state index contributed by atoms with van der Waals surface area (Å²) in [5.74, 6) is -1.07. The van der Waals surface area contributed by atoms with Crippen molar-refractivity contribution < 1.29 is 18.7 Å². The molecule has 0 unspecified atom stereocenters. The molecule has 0 spiro atoms. The molecule has 29 heavy (non-hydrogen) atoms. The van der Waals surface area contributed by atoms with Crippen molar-refractivity contribution in [3.8, 4) is 0 Å². The summed E-state index contributed by atoms with van der Waals surface area (Å²) in [5, 5.41) is 5.66. The number of halogens is 1. The predicted molar refractivity (Wildman–Crippen MR) is 106 cm³/mol. The fourth-order valence-electron chi connectivity index (χ4n) is 2.52. The number of ether oxygens (including phenoxy) is 1. The average Bonchev–Trinajstić information content (AvgIpc) is 2.74. The van der Waals surface area contributed by atoms with Crippen LogP contribution in [-0.4, -0.2) is 28.5 Å². The number of hydrogen-bond donors (Lipinski definition) is 2. The number of carbonyl (C=O) groups is 2. The van der Waals surface area contributed by atoms with E-state index in [1.54, 1.807) is 43.3 Å². The van der Waals surface area contributed by atoms with Crippen molar-refractivity contribution in [1.82, 2.24) is 9.97 Å². The maximum absolute atomic E-state index is 13.0. The van der Waals surface area contributed by atoms with Gasteiger partial charge in [-0.15, -0.1) is 0 Å². The molecule has 0 saturated carbocycles. The molecule has 3 aromatic rings. The molecule has 8 heteroatoms. The number of nitrogens with one attached hydrogen (secondary N) is 2. The van der Waals surface area contributed by atoms with Gasteiger partial charge in [0.1, 0.15) is 11.5 Å². The Morgan fingerprint density at radius 1 is 1.07 bits per heavy atom. The van der Waals surface area contributed by atoms with E-state index in [1.165, 1.54) is 24.4 Å². The van der Waals surface area contributed by atoms with Gasteiger partial charge in [-0.3, -0.25) is 4.79 Å². The zero-order valence-electron chi connectivity index (χ0n) is 15.7. The fourth-order valence-corrected chi connectivity index (χ4v) is 2.52. The number of hydrogen-bond acceptors (Lipinski definition) is 6. The third-order valence-electron chi connectivity index (χ3n) is 3.92. The summed E-state index contributed by atoms with van der Waals surface area (Å²) in [5.41, 5.74) is 1.55. The van der Waals surface area contributed by atoms with Crippen LogP contribution in [0.1, 0.15) is 33.3 Å². The SMILES string of the molecule is CCOC(=O)c1ccccc1NC(=O)c1ccnc(NCc2ccc(F)cc2)n1. The van der Waals surface area contributed by atoms with Gasteiger partial charge in [-0.2, -0.15) is 0 Å². The van der Waals surface area contributed by atoms with E-state index in [0.29, 0.717) is 12.2 Å². The third-order valence-corrected chi connectivity index (χ3v) is 3.92. The molecule has 0 saturated heterocycles. The number of anilines is 2. The highest BCUT2D eigenvalue weighted by Gasteiger charge is 2.16. The normalized spacial score (nSPS) is 10.3. The van der Waals surface area contributed by atoms with Gasteiger partial charge in [0.2, 0.25) is 5.95 Å². The van der Waals surface area contributed by atoms with Crippen molar-refractivity contribution in [2.24, 2.45) is 0 Å². The van der Waals surface area contributed by atoms with Crippen molar-refractivity contribution in [2.75, 3.05) is 17.2 Å². The molecule has 1 heterocycles. The van der Waals surface area contributed by atoms with Crippen LogP contribution >= 0.6 is 0 Å². The number of rotatable bonds is 7. The summed E-state index contributed by atoms with van der Waals surface area (Å²) in [4.78, 5) is 32.9. The molecular formula is C21H19FN4O3. The molecule has 1 aromatic heterocycles. The lowest BCUT2D eigenvalue weighted by atomic mass is 10.1. The second kappa shape index (κ2) is 9.41. The van der Waals surface area contributed by atoms with E-state index in [9.17, 15) is 14.0 Å². The maximum Gasteiger partial charge on any atom is 0.340 e. The first-order valence-corrected chi connectivity index (χ1v) is 8.95. The number of benzene rings is 2. The highest BCUT2D eigenvalue weighted by molar-refractivity contribution is 6.07. The third kappa shape index (κ3) is 5.35. The number of amides is 1. The number of aromatic nitrogens is 2. The predicted octanol–water partition coefficient (Wildman–Crippen LogP) is 3.66. The van der Waals surface area contributed by atoms with Crippen LogP contribution in [0.5, 0.6) is 0 Å². The van der Waals surface area contributed by atoms with Crippen molar-refractivity contribution in [1.29, 1.82) is 0 Å². The van der Waals surface area contributed by atoms with Gasteiger partial charge >= 0.3 is 5.97 Å². The molecule has 2 aromatic carbocycles. The van der Waals surface area contributed by atoms with Crippen molar-refractivity contribution >= 4 is 23.5 Å². The molecule has 0 bridgehead atoms. The second-order valence-electron chi connectivity index (χ2n) is 5.97. The Balaban J connectivity index is 1.70. The topological polar surface area (TPSA) is 93.2 Å².